The SMILES string of the molecule is CCCC[C@](C)(CCC(C)=O)Nc1nc(N)nc2cc(C(C)=O)cnc12. The van der Waals surface area contributed by atoms with E-state index in [1.54, 1.807) is 13.0 Å². The van der Waals surface area contributed by atoms with Crippen molar-refractivity contribution in [2.45, 2.75) is 65.3 Å². The molecule has 0 spiro atoms. The topological polar surface area (TPSA) is 111 Å². The van der Waals surface area contributed by atoms with Crippen LogP contribution < -0.4 is 11.1 Å². The van der Waals surface area contributed by atoms with Crippen LogP contribution in [0.3, 0.4) is 0 Å². The van der Waals surface area contributed by atoms with Crippen LogP contribution >= 0.6 is 0 Å². The first-order valence-electron chi connectivity index (χ1n) is 8.96. The summed E-state index contributed by atoms with van der Waals surface area (Å²) in [6, 6.07) is 1.67. The number of unbranched alkanes of at least 4 members (excludes halogenated alkanes) is 1. The molecule has 0 radical (unpaired) electrons. The molecule has 0 aliphatic carbocycles. The zero-order valence-electron chi connectivity index (χ0n) is 15.9. The third kappa shape index (κ3) is 4.97. The molecule has 2 heterocycles. The Kier molecular flexibility index (Phi) is 6.23. The molecule has 0 aliphatic rings. The number of nitrogens with two attached hydrogens (primary N) is 1. The van der Waals surface area contributed by atoms with Gasteiger partial charge in [-0.05, 0) is 39.7 Å². The molecule has 0 fully saturated rings. The van der Waals surface area contributed by atoms with Crippen LogP contribution in [0.2, 0.25) is 0 Å². The molecule has 7 heteroatoms. The van der Waals surface area contributed by atoms with E-state index in [1.165, 1.54) is 13.1 Å². The smallest absolute Gasteiger partial charge is 0.222 e. The Morgan fingerprint density at radius 1 is 1.23 bits per heavy atom. The zero-order chi connectivity index (χ0) is 19.3. The average Bonchev–Trinajstić information content (AvgIpc) is 2.57. The summed E-state index contributed by atoms with van der Waals surface area (Å²) in [5.74, 6) is 0.725. The van der Waals surface area contributed by atoms with Crippen molar-refractivity contribution < 1.29 is 9.59 Å². The number of pyridine rings is 1. The number of nitrogen functional groups attached to an aromatic ring is 1. The fraction of sp³-hybridized carbons (Fsp3) is 0.526. The molecule has 2 aromatic heterocycles. The standard InChI is InChI=1S/C19H27N5O2/c1-5-6-8-19(4,9-7-12(2)25)24-17-16-15(22-18(20)23-17)10-14(11-21-16)13(3)26/h10-11H,5-9H2,1-4H3,(H3,20,22,23,24)/t19-/m1/s1. The first-order valence-corrected chi connectivity index (χ1v) is 8.96. The average molecular weight is 357 g/mol. The van der Waals surface area contributed by atoms with Gasteiger partial charge in [-0.25, -0.2) is 9.97 Å². The number of ketones is 2. The fourth-order valence-electron chi connectivity index (χ4n) is 2.87. The van der Waals surface area contributed by atoms with Gasteiger partial charge < -0.3 is 15.8 Å². The van der Waals surface area contributed by atoms with E-state index in [-0.39, 0.29) is 23.1 Å². The first kappa shape index (κ1) is 19.8. The van der Waals surface area contributed by atoms with Crippen LogP contribution in [-0.4, -0.2) is 32.1 Å². The third-order valence-electron chi connectivity index (χ3n) is 4.49. The molecule has 0 unspecified atom stereocenters. The number of hydrogen-bond donors (Lipinski definition) is 2. The summed E-state index contributed by atoms with van der Waals surface area (Å²) in [6.07, 6.45) is 5.70. The molecule has 2 aromatic rings. The summed E-state index contributed by atoms with van der Waals surface area (Å²) in [5.41, 5.74) is 7.12. The third-order valence-corrected chi connectivity index (χ3v) is 4.49. The van der Waals surface area contributed by atoms with Crippen LogP contribution in [0.5, 0.6) is 0 Å². The quantitative estimate of drug-likeness (QED) is 0.660. The number of hydrogen-bond acceptors (Lipinski definition) is 7. The van der Waals surface area contributed by atoms with Gasteiger partial charge in [0.2, 0.25) is 5.95 Å². The van der Waals surface area contributed by atoms with Gasteiger partial charge in [-0.15, -0.1) is 0 Å². The van der Waals surface area contributed by atoms with E-state index in [9.17, 15) is 9.59 Å². The molecule has 0 saturated carbocycles. The van der Waals surface area contributed by atoms with Gasteiger partial charge in [0.05, 0.1) is 5.52 Å². The van der Waals surface area contributed by atoms with Gasteiger partial charge in [-0.2, -0.15) is 4.98 Å². The van der Waals surface area contributed by atoms with Crippen LogP contribution in [0, 0.1) is 0 Å². The second-order valence-corrected chi connectivity index (χ2v) is 7.07. The van der Waals surface area contributed by atoms with Crippen molar-refractivity contribution >= 4 is 34.4 Å². The van der Waals surface area contributed by atoms with Gasteiger partial charge in [-0.3, -0.25) is 4.79 Å². The molecule has 7 nitrogen and oxygen atoms in total. The summed E-state index contributed by atoms with van der Waals surface area (Å²) >= 11 is 0. The molecule has 140 valence electrons. The molecule has 0 bridgehead atoms. The maximum atomic E-state index is 11.6. The van der Waals surface area contributed by atoms with Gasteiger partial charge >= 0.3 is 0 Å². The summed E-state index contributed by atoms with van der Waals surface area (Å²) in [4.78, 5) is 36.0. The molecule has 0 aromatic carbocycles. The molecule has 0 saturated heterocycles. The van der Waals surface area contributed by atoms with Crippen LogP contribution in [0.25, 0.3) is 11.0 Å². The highest BCUT2D eigenvalue weighted by Crippen LogP contribution is 2.29. The van der Waals surface area contributed by atoms with Gasteiger partial charge in [-0.1, -0.05) is 19.8 Å². The zero-order valence-corrected chi connectivity index (χ0v) is 15.9. The maximum Gasteiger partial charge on any atom is 0.222 e. The lowest BCUT2D eigenvalue weighted by Gasteiger charge is -2.31. The second-order valence-electron chi connectivity index (χ2n) is 7.07. The summed E-state index contributed by atoms with van der Waals surface area (Å²) in [6.45, 7) is 7.30. The lowest BCUT2D eigenvalue weighted by atomic mass is 9.89. The number of fused-ring (bicyclic) bond motifs is 1. The van der Waals surface area contributed by atoms with Crippen molar-refractivity contribution in [2.75, 3.05) is 11.1 Å². The number of carbonyl (C=O) groups excluding carboxylic acids is 2. The van der Waals surface area contributed by atoms with E-state index in [1.807, 2.05) is 0 Å². The number of carbonyl (C=O) groups is 2. The number of nitrogens with one attached hydrogen (secondary N) is 1. The van der Waals surface area contributed by atoms with E-state index >= 15 is 0 Å². The second kappa shape index (κ2) is 8.21. The van der Waals surface area contributed by atoms with E-state index in [4.69, 9.17) is 5.73 Å². The van der Waals surface area contributed by atoms with E-state index < -0.39 is 0 Å². The number of nitrogens with zero attached hydrogens (tertiary/aromatic N) is 3. The minimum Gasteiger partial charge on any atom is -0.368 e. The molecular weight excluding hydrogens is 330 g/mol. The van der Waals surface area contributed by atoms with E-state index in [0.717, 1.165) is 19.3 Å². The minimum absolute atomic E-state index is 0.0830. The Hall–Kier alpha value is -2.57. The molecule has 1 atom stereocenters. The van der Waals surface area contributed by atoms with Gasteiger partial charge in [0.1, 0.15) is 11.3 Å². The van der Waals surface area contributed by atoms with Gasteiger partial charge in [0.25, 0.3) is 0 Å². The van der Waals surface area contributed by atoms with Crippen LogP contribution in [-0.2, 0) is 4.79 Å². The highest BCUT2D eigenvalue weighted by Gasteiger charge is 2.26. The summed E-state index contributed by atoms with van der Waals surface area (Å²) in [7, 11) is 0. The van der Waals surface area contributed by atoms with Crippen molar-refractivity contribution in [1.82, 2.24) is 15.0 Å². The van der Waals surface area contributed by atoms with Crippen molar-refractivity contribution in [2.24, 2.45) is 0 Å². The predicted octanol–water partition coefficient (Wildman–Crippen LogP) is 3.54. The molecule has 2 rings (SSSR count). The molecule has 3 N–H and O–H groups in total. The number of anilines is 2. The van der Waals surface area contributed by atoms with Crippen LogP contribution in [0.4, 0.5) is 11.8 Å². The van der Waals surface area contributed by atoms with Gasteiger partial charge in [0, 0.05) is 23.7 Å². The maximum absolute atomic E-state index is 11.6. The molecule has 0 amide bonds. The lowest BCUT2D eigenvalue weighted by molar-refractivity contribution is -0.117. The van der Waals surface area contributed by atoms with Crippen molar-refractivity contribution in [3.63, 3.8) is 0 Å². The minimum atomic E-state index is -0.309. The molecule has 26 heavy (non-hydrogen) atoms. The monoisotopic (exact) mass is 357 g/mol. The summed E-state index contributed by atoms with van der Waals surface area (Å²) in [5, 5.41) is 3.45. The Morgan fingerprint density at radius 3 is 2.58 bits per heavy atom. The Labute approximate surface area is 153 Å². The fourth-order valence-corrected chi connectivity index (χ4v) is 2.87. The summed E-state index contributed by atoms with van der Waals surface area (Å²) < 4.78 is 0. The Bertz CT molecular complexity index is 821. The van der Waals surface area contributed by atoms with E-state index in [0.29, 0.717) is 35.3 Å². The normalized spacial score (nSPS) is 13.4. The van der Waals surface area contributed by atoms with Gasteiger partial charge in [0.15, 0.2) is 11.6 Å². The van der Waals surface area contributed by atoms with Crippen molar-refractivity contribution in [1.29, 1.82) is 0 Å². The first-order chi connectivity index (χ1) is 12.2. The number of Topliss-reactive ketones (excluding diaryl/α,β-unsaturated/α-hetero) is 2. The highest BCUT2D eigenvalue weighted by molar-refractivity contribution is 5.98. The van der Waals surface area contributed by atoms with Crippen LogP contribution in [0.15, 0.2) is 12.3 Å². The predicted molar refractivity (Wildman–Crippen MR) is 103 cm³/mol. The Morgan fingerprint density at radius 2 is 1.96 bits per heavy atom. The van der Waals surface area contributed by atoms with Crippen molar-refractivity contribution in [3.05, 3.63) is 17.8 Å². The number of aromatic nitrogens is 3. The van der Waals surface area contributed by atoms with Crippen molar-refractivity contribution in [3.8, 4) is 0 Å². The van der Waals surface area contributed by atoms with Crippen LogP contribution in [0.1, 0.15) is 70.2 Å². The number of rotatable bonds is 9. The van der Waals surface area contributed by atoms with E-state index in [2.05, 4.69) is 34.1 Å². The highest BCUT2D eigenvalue weighted by atomic mass is 16.1. The lowest BCUT2D eigenvalue weighted by Crippen LogP contribution is -2.36. The molecule has 0 aliphatic heterocycles. The largest absolute Gasteiger partial charge is 0.368 e. The molecular formula is C19H27N5O2. The Balaban J connectivity index is 2.42.